The summed E-state index contributed by atoms with van der Waals surface area (Å²) in [6, 6.07) is 3.43. The SMILES string of the molecule is CC(C)(C)c1cc(S(=O)(=O)c2cc(C(C)(C)C)c(O)c(C(C)(C)C)c2C(C)(C)C)c(C(C)(C)C)c(C(C)(C)C)c1O. The van der Waals surface area contributed by atoms with E-state index in [2.05, 4.69) is 0 Å². The lowest BCUT2D eigenvalue weighted by atomic mass is 9.71. The molecule has 0 aliphatic heterocycles. The van der Waals surface area contributed by atoms with Crippen molar-refractivity contribution in [3.63, 3.8) is 0 Å². The van der Waals surface area contributed by atoms with Gasteiger partial charge >= 0.3 is 0 Å². The molecule has 0 aliphatic carbocycles. The Kier molecular flexibility index (Phi) is 8.61. The second-order valence-corrected chi connectivity index (χ2v) is 19.9. The van der Waals surface area contributed by atoms with Gasteiger partial charge in [0.05, 0.1) is 9.79 Å². The van der Waals surface area contributed by atoms with E-state index in [1.165, 1.54) is 0 Å². The van der Waals surface area contributed by atoms with E-state index in [1.807, 2.05) is 125 Å². The van der Waals surface area contributed by atoms with Crippen molar-refractivity contribution in [3.8, 4) is 11.5 Å². The van der Waals surface area contributed by atoms with Crippen LogP contribution in [-0.4, -0.2) is 18.6 Å². The van der Waals surface area contributed by atoms with E-state index < -0.39 is 42.3 Å². The van der Waals surface area contributed by atoms with E-state index in [1.54, 1.807) is 12.1 Å². The molecule has 0 bridgehead atoms. The predicted molar refractivity (Wildman–Crippen MR) is 174 cm³/mol. The van der Waals surface area contributed by atoms with Gasteiger partial charge in [-0.1, -0.05) is 125 Å². The average molecular weight is 587 g/mol. The predicted octanol–water partition coefficient (Wildman–Crippen LogP) is 9.72. The van der Waals surface area contributed by atoms with Crippen LogP contribution >= 0.6 is 0 Å². The first-order chi connectivity index (χ1) is 17.8. The largest absolute Gasteiger partial charge is 0.507 e. The third kappa shape index (κ3) is 6.65. The van der Waals surface area contributed by atoms with Gasteiger partial charge in [-0.2, -0.15) is 0 Å². The van der Waals surface area contributed by atoms with Crippen molar-refractivity contribution in [1.82, 2.24) is 0 Å². The van der Waals surface area contributed by atoms with Crippen LogP contribution in [0.2, 0.25) is 0 Å². The fourth-order valence-corrected chi connectivity index (χ4v) is 8.07. The molecule has 2 aromatic rings. The highest BCUT2D eigenvalue weighted by atomic mass is 32.2. The van der Waals surface area contributed by atoms with Gasteiger partial charge in [-0.05, 0) is 55.7 Å². The molecule has 0 aromatic heterocycles. The number of sulfone groups is 1. The van der Waals surface area contributed by atoms with Crippen LogP contribution in [0.3, 0.4) is 0 Å². The van der Waals surface area contributed by atoms with E-state index in [-0.39, 0.29) is 21.3 Å². The lowest BCUT2D eigenvalue weighted by molar-refractivity contribution is 0.409. The van der Waals surface area contributed by atoms with Crippen LogP contribution in [0.15, 0.2) is 21.9 Å². The second kappa shape index (κ2) is 10.0. The maximum absolute atomic E-state index is 15.3. The van der Waals surface area contributed by atoms with E-state index in [4.69, 9.17) is 0 Å². The highest BCUT2D eigenvalue weighted by Gasteiger charge is 2.42. The number of benzene rings is 2. The zero-order valence-electron chi connectivity index (χ0n) is 29.3. The van der Waals surface area contributed by atoms with Gasteiger partial charge in [0.2, 0.25) is 9.84 Å². The lowest BCUT2D eigenvalue weighted by Gasteiger charge is -2.38. The van der Waals surface area contributed by atoms with Crippen molar-refractivity contribution in [2.45, 2.75) is 167 Å². The Morgan fingerprint density at radius 1 is 0.415 bits per heavy atom. The van der Waals surface area contributed by atoms with Gasteiger partial charge in [-0.3, -0.25) is 0 Å². The van der Waals surface area contributed by atoms with Crippen LogP contribution in [0.5, 0.6) is 11.5 Å². The maximum atomic E-state index is 15.3. The number of hydrogen-bond donors (Lipinski definition) is 2. The van der Waals surface area contributed by atoms with Crippen LogP contribution in [0.25, 0.3) is 0 Å². The van der Waals surface area contributed by atoms with Gasteiger partial charge in [0.25, 0.3) is 0 Å². The van der Waals surface area contributed by atoms with Gasteiger partial charge in [0.1, 0.15) is 11.5 Å². The van der Waals surface area contributed by atoms with Crippen LogP contribution in [0.1, 0.15) is 158 Å². The Hall–Kier alpha value is -2.01. The molecule has 0 amide bonds. The summed E-state index contributed by atoms with van der Waals surface area (Å²) >= 11 is 0. The minimum Gasteiger partial charge on any atom is -0.507 e. The van der Waals surface area contributed by atoms with Gasteiger partial charge in [-0.15, -0.1) is 0 Å². The maximum Gasteiger partial charge on any atom is 0.207 e. The molecule has 2 rings (SSSR count). The standard InChI is InChI=1S/C36H58O4S/c1-31(2,3)21-19-23(25(33(7,8)9)27(29(21)37)35(13,14)15)41(39,40)24-20-22(32(4,5)6)30(38)28(36(16,17)18)26(24)34(10,11)12/h19-20,37-38H,1-18H3. The number of phenolic OH excluding ortho intramolecular Hbond substituents is 2. The Balaban J connectivity index is 3.48. The highest BCUT2D eigenvalue weighted by molar-refractivity contribution is 7.91. The first-order valence-electron chi connectivity index (χ1n) is 14.8. The normalized spacial score (nSPS) is 14.5. The second-order valence-electron chi connectivity index (χ2n) is 18.0. The quantitative estimate of drug-likeness (QED) is 0.367. The van der Waals surface area contributed by atoms with Gasteiger partial charge in [0.15, 0.2) is 0 Å². The molecular weight excluding hydrogens is 528 g/mol. The Labute approximate surface area is 251 Å². The van der Waals surface area contributed by atoms with E-state index in [0.717, 1.165) is 0 Å². The highest BCUT2D eigenvalue weighted by Crippen LogP contribution is 2.52. The molecule has 2 aromatic carbocycles. The molecule has 0 radical (unpaired) electrons. The summed E-state index contributed by atoms with van der Waals surface area (Å²) in [6.45, 7) is 36.2. The fourth-order valence-electron chi connectivity index (χ4n) is 5.93. The minimum atomic E-state index is -4.15. The van der Waals surface area contributed by atoms with E-state index in [0.29, 0.717) is 33.4 Å². The summed E-state index contributed by atoms with van der Waals surface area (Å²) in [6.07, 6.45) is 0. The topological polar surface area (TPSA) is 74.6 Å². The molecular formula is C36H58O4S. The monoisotopic (exact) mass is 586 g/mol. The first kappa shape index (κ1) is 35.2. The summed E-state index contributed by atoms with van der Waals surface area (Å²) in [5.74, 6) is 0.336. The summed E-state index contributed by atoms with van der Waals surface area (Å²) in [4.78, 5) is 0.460. The van der Waals surface area contributed by atoms with Crippen LogP contribution in [0, 0.1) is 0 Å². The minimum absolute atomic E-state index is 0.168. The van der Waals surface area contributed by atoms with Crippen LogP contribution < -0.4 is 0 Å². The number of phenols is 2. The summed E-state index contributed by atoms with van der Waals surface area (Å²) in [5, 5.41) is 23.5. The van der Waals surface area contributed by atoms with Crippen molar-refractivity contribution >= 4 is 9.84 Å². The molecule has 0 heterocycles. The molecule has 232 valence electrons. The number of hydrogen-bond acceptors (Lipinski definition) is 4. The van der Waals surface area contributed by atoms with E-state index in [9.17, 15) is 10.2 Å². The van der Waals surface area contributed by atoms with Crippen molar-refractivity contribution in [2.24, 2.45) is 0 Å². The molecule has 2 N–H and O–H groups in total. The molecule has 0 saturated heterocycles. The van der Waals surface area contributed by atoms with Crippen molar-refractivity contribution in [3.05, 3.63) is 45.5 Å². The first-order valence-corrected chi connectivity index (χ1v) is 16.3. The molecule has 41 heavy (non-hydrogen) atoms. The summed E-state index contributed by atoms with van der Waals surface area (Å²) < 4.78 is 30.7. The summed E-state index contributed by atoms with van der Waals surface area (Å²) in [5.41, 5.74) is 0.609. The van der Waals surface area contributed by atoms with E-state index >= 15 is 8.42 Å². The molecule has 0 saturated carbocycles. The molecule has 0 aliphatic rings. The Bertz CT molecular complexity index is 1330. The zero-order valence-corrected chi connectivity index (χ0v) is 30.1. The molecule has 0 unspecified atom stereocenters. The lowest BCUT2D eigenvalue weighted by Crippen LogP contribution is -2.30. The van der Waals surface area contributed by atoms with Gasteiger partial charge in [0, 0.05) is 22.3 Å². The zero-order chi connectivity index (χ0) is 32.7. The molecule has 4 nitrogen and oxygen atoms in total. The number of aromatic hydroxyl groups is 2. The average Bonchev–Trinajstić information content (AvgIpc) is 2.67. The molecule has 0 atom stereocenters. The van der Waals surface area contributed by atoms with Crippen molar-refractivity contribution in [1.29, 1.82) is 0 Å². The van der Waals surface area contributed by atoms with Gasteiger partial charge in [-0.25, -0.2) is 8.42 Å². The number of rotatable bonds is 2. The van der Waals surface area contributed by atoms with Crippen molar-refractivity contribution < 1.29 is 18.6 Å². The Morgan fingerprint density at radius 2 is 0.634 bits per heavy atom. The fraction of sp³-hybridized carbons (Fsp3) is 0.667. The third-order valence-electron chi connectivity index (χ3n) is 7.72. The molecule has 5 heteroatoms. The third-order valence-corrected chi connectivity index (χ3v) is 9.52. The smallest absolute Gasteiger partial charge is 0.207 e. The summed E-state index contributed by atoms with van der Waals surface area (Å²) in [7, 11) is -4.15. The van der Waals surface area contributed by atoms with Crippen LogP contribution in [0.4, 0.5) is 0 Å². The van der Waals surface area contributed by atoms with Crippen molar-refractivity contribution in [2.75, 3.05) is 0 Å². The Morgan fingerprint density at radius 3 is 0.805 bits per heavy atom. The molecule has 0 spiro atoms. The van der Waals surface area contributed by atoms with Gasteiger partial charge < -0.3 is 10.2 Å². The van der Waals surface area contributed by atoms with Crippen LogP contribution in [-0.2, 0) is 42.3 Å². The molecule has 0 fully saturated rings.